The fourth-order valence-corrected chi connectivity index (χ4v) is 3.35. The number of unbranched alkanes of at least 4 members (excludes halogenated alkanes) is 5. The van der Waals surface area contributed by atoms with E-state index in [0.717, 1.165) is 43.6 Å². The second-order valence-corrected chi connectivity index (χ2v) is 8.90. The number of hydrogen-bond acceptors (Lipinski definition) is 5. The van der Waals surface area contributed by atoms with Crippen LogP contribution >= 0.6 is 0 Å². The Kier molecular flexibility index (Phi) is 11.7. The Balaban J connectivity index is 2.22. The van der Waals surface area contributed by atoms with Crippen molar-refractivity contribution in [2.75, 3.05) is 27.7 Å². The maximum atomic E-state index is 12.0. The summed E-state index contributed by atoms with van der Waals surface area (Å²) in [5.41, 5.74) is 0. The first-order valence-corrected chi connectivity index (χ1v) is 11.0. The highest BCUT2D eigenvalue weighted by Gasteiger charge is 2.22. The third-order valence-corrected chi connectivity index (χ3v) is 4.74. The van der Waals surface area contributed by atoms with Crippen molar-refractivity contribution in [3.05, 3.63) is 23.7 Å². The van der Waals surface area contributed by atoms with Crippen LogP contribution in [0.3, 0.4) is 0 Å². The standard InChI is InChI=1S/C23H39NO5/c1-5-6-7-9-12-19-15-16-20(28-19)13-10-8-11-14-23(27)29-21(17-22(25)26)18-24(2,3)4/h15-16,21H,5-14,17-18H2,1-4H3. The summed E-state index contributed by atoms with van der Waals surface area (Å²) in [5.74, 6) is 0.544. The molecule has 0 radical (unpaired) electrons. The molecule has 0 spiro atoms. The number of hydrogen-bond donors (Lipinski definition) is 0. The van der Waals surface area contributed by atoms with Crippen molar-refractivity contribution in [1.29, 1.82) is 0 Å². The van der Waals surface area contributed by atoms with Gasteiger partial charge in [0.1, 0.15) is 18.1 Å². The zero-order chi connectivity index (χ0) is 21.7. The summed E-state index contributed by atoms with van der Waals surface area (Å²) in [6.45, 7) is 2.65. The van der Waals surface area contributed by atoms with Crippen LogP contribution in [0, 0.1) is 0 Å². The number of esters is 1. The van der Waals surface area contributed by atoms with E-state index in [1.54, 1.807) is 0 Å². The number of aliphatic carboxylic acids is 1. The minimum atomic E-state index is -1.19. The number of carboxylic acid groups (broad SMARTS) is 1. The molecule has 1 atom stereocenters. The van der Waals surface area contributed by atoms with Crippen LogP contribution in [0.2, 0.25) is 0 Å². The van der Waals surface area contributed by atoms with Crippen molar-refractivity contribution in [3.8, 4) is 0 Å². The average Bonchev–Trinajstić information content (AvgIpc) is 3.04. The maximum absolute atomic E-state index is 12.0. The van der Waals surface area contributed by atoms with Gasteiger partial charge in [0.05, 0.1) is 21.1 Å². The molecule has 0 saturated carbocycles. The Morgan fingerprint density at radius 2 is 1.59 bits per heavy atom. The van der Waals surface area contributed by atoms with E-state index >= 15 is 0 Å². The van der Waals surface area contributed by atoms with Gasteiger partial charge in [0.25, 0.3) is 0 Å². The molecule has 29 heavy (non-hydrogen) atoms. The van der Waals surface area contributed by atoms with Crippen LogP contribution in [0.25, 0.3) is 0 Å². The van der Waals surface area contributed by atoms with Crippen molar-refractivity contribution < 1.29 is 28.3 Å². The molecular weight excluding hydrogens is 370 g/mol. The lowest BCUT2D eigenvalue weighted by Gasteiger charge is -2.29. The molecule has 0 fully saturated rings. The molecule has 1 aromatic rings. The zero-order valence-electron chi connectivity index (χ0n) is 18.7. The number of carboxylic acids is 1. The number of rotatable bonds is 16. The van der Waals surface area contributed by atoms with E-state index in [0.29, 0.717) is 17.4 Å². The third-order valence-electron chi connectivity index (χ3n) is 4.74. The van der Waals surface area contributed by atoms with Crippen molar-refractivity contribution >= 4 is 11.9 Å². The van der Waals surface area contributed by atoms with Crippen LogP contribution in [0.4, 0.5) is 0 Å². The molecule has 0 amide bonds. The van der Waals surface area contributed by atoms with Gasteiger partial charge in [-0.1, -0.05) is 32.6 Å². The molecule has 0 aliphatic carbocycles. The number of carbonyl (C=O) groups excluding carboxylic acids is 2. The Bertz CT molecular complexity index is 603. The monoisotopic (exact) mass is 409 g/mol. The van der Waals surface area contributed by atoms with E-state index in [2.05, 4.69) is 19.1 Å². The maximum Gasteiger partial charge on any atom is 0.306 e. The predicted molar refractivity (Wildman–Crippen MR) is 111 cm³/mol. The molecule has 166 valence electrons. The number of nitrogens with zero attached hydrogens (tertiary/aromatic N) is 1. The number of quaternary nitrogens is 1. The van der Waals surface area contributed by atoms with E-state index in [4.69, 9.17) is 9.15 Å². The number of aryl methyl sites for hydroxylation is 2. The van der Waals surface area contributed by atoms with Crippen molar-refractivity contribution in [2.45, 2.75) is 83.7 Å². The molecule has 1 unspecified atom stereocenters. The van der Waals surface area contributed by atoms with Crippen molar-refractivity contribution in [2.24, 2.45) is 0 Å². The summed E-state index contributed by atoms with van der Waals surface area (Å²) in [7, 11) is 5.80. The molecule has 0 N–H and O–H groups in total. The highest BCUT2D eigenvalue weighted by atomic mass is 16.5. The molecule has 0 aliphatic heterocycles. The number of carbonyl (C=O) groups is 2. The first kappa shape index (κ1) is 25.2. The van der Waals surface area contributed by atoms with Gasteiger partial charge < -0.3 is 23.5 Å². The van der Waals surface area contributed by atoms with Crippen LogP contribution in [0.5, 0.6) is 0 Å². The van der Waals surface area contributed by atoms with Crippen LogP contribution in [-0.4, -0.2) is 50.2 Å². The van der Waals surface area contributed by atoms with Gasteiger partial charge in [-0.05, 0) is 31.4 Å². The van der Waals surface area contributed by atoms with E-state index in [1.807, 2.05) is 21.1 Å². The quantitative estimate of drug-likeness (QED) is 0.238. The summed E-state index contributed by atoms with van der Waals surface area (Å²) >= 11 is 0. The molecule has 1 heterocycles. The lowest BCUT2D eigenvalue weighted by molar-refractivity contribution is -0.873. The van der Waals surface area contributed by atoms with Gasteiger partial charge in [-0.15, -0.1) is 0 Å². The molecule has 6 nitrogen and oxygen atoms in total. The van der Waals surface area contributed by atoms with Crippen molar-refractivity contribution in [3.63, 3.8) is 0 Å². The number of likely N-dealkylation sites (N-methyl/N-ethyl adjacent to an activating group) is 1. The average molecular weight is 410 g/mol. The third kappa shape index (κ3) is 13.1. The molecule has 0 aliphatic rings. The minimum Gasteiger partial charge on any atom is -0.550 e. The summed E-state index contributed by atoms with van der Waals surface area (Å²) in [6, 6.07) is 4.13. The largest absolute Gasteiger partial charge is 0.550 e. The summed E-state index contributed by atoms with van der Waals surface area (Å²) in [4.78, 5) is 22.9. The highest BCUT2D eigenvalue weighted by Crippen LogP contribution is 2.15. The van der Waals surface area contributed by atoms with Crippen LogP contribution in [0.1, 0.15) is 76.2 Å². The van der Waals surface area contributed by atoms with E-state index in [9.17, 15) is 14.7 Å². The highest BCUT2D eigenvalue weighted by molar-refractivity contribution is 5.70. The van der Waals surface area contributed by atoms with Crippen LogP contribution in [-0.2, 0) is 27.2 Å². The molecule has 0 bridgehead atoms. The van der Waals surface area contributed by atoms with Crippen LogP contribution in [0.15, 0.2) is 16.5 Å². The first-order chi connectivity index (χ1) is 13.7. The second kappa shape index (κ2) is 13.4. The lowest BCUT2D eigenvalue weighted by atomic mass is 10.1. The lowest BCUT2D eigenvalue weighted by Crippen LogP contribution is -2.45. The second-order valence-electron chi connectivity index (χ2n) is 8.90. The van der Waals surface area contributed by atoms with Gasteiger partial charge in [-0.2, -0.15) is 0 Å². The van der Waals surface area contributed by atoms with Crippen LogP contribution < -0.4 is 5.11 Å². The molecule has 6 heteroatoms. The van der Waals surface area contributed by atoms with E-state index in [1.165, 1.54) is 25.7 Å². The van der Waals surface area contributed by atoms with Gasteiger partial charge in [0, 0.05) is 31.7 Å². The molecule has 1 rings (SSSR count). The summed E-state index contributed by atoms with van der Waals surface area (Å²) < 4.78 is 11.8. The molecule has 0 saturated heterocycles. The number of furan rings is 1. The fourth-order valence-electron chi connectivity index (χ4n) is 3.35. The molecule has 1 aromatic heterocycles. The van der Waals surface area contributed by atoms with Crippen molar-refractivity contribution in [1.82, 2.24) is 0 Å². The smallest absolute Gasteiger partial charge is 0.306 e. The van der Waals surface area contributed by atoms with Gasteiger partial charge in [0.2, 0.25) is 0 Å². The topological polar surface area (TPSA) is 79.6 Å². The summed E-state index contributed by atoms with van der Waals surface area (Å²) in [5, 5.41) is 10.9. The molecular formula is C23H39NO5. The van der Waals surface area contributed by atoms with Gasteiger partial charge in [0.15, 0.2) is 6.10 Å². The summed E-state index contributed by atoms with van der Waals surface area (Å²) in [6.07, 6.45) is 8.81. The normalized spacial score (nSPS) is 12.7. The van der Waals surface area contributed by atoms with E-state index < -0.39 is 12.1 Å². The fraction of sp³-hybridized carbons (Fsp3) is 0.739. The Hall–Kier alpha value is -1.82. The Labute approximate surface area is 175 Å². The molecule has 0 aromatic carbocycles. The predicted octanol–water partition coefficient (Wildman–Crippen LogP) is 3.26. The minimum absolute atomic E-state index is 0.263. The Morgan fingerprint density at radius 1 is 1.00 bits per heavy atom. The van der Waals surface area contributed by atoms with Gasteiger partial charge in [-0.25, -0.2) is 0 Å². The number of ether oxygens (including phenoxy) is 1. The first-order valence-electron chi connectivity index (χ1n) is 11.0. The van der Waals surface area contributed by atoms with Gasteiger partial charge in [-0.3, -0.25) is 4.79 Å². The van der Waals surface area contributed by atoms with E-state index in [-0.39, 0.29) is 12.4 Å². The zero-order valence-corrected chi connectivity index (χ0v) is 18.7. The van der Waals surface area contributed by atoms with Gasteiger partial charge >= 0.3 is 5.97 Å². The SMILES string of the molecule is CCCCCCc1ccc(CCCCCC(=O)OC(CC(=O)[O-])C[N+](C)(C)C)o1. The Morgan fingerprint density at radius 3 is 2.10 bits per heavy atom.